The number of halogens is 5. The Kier molecular flexibility index (Phi) is 5.75. The lowest BCUT2D eigenvalue weighted by Gasteiger charge is -2.18. The van der Waals surface area contributed by atoms with Crippen LogP contribution in [0.4, 0.5) is 18.9 Å². The molecule has 4 nitrogen and oxygen atoms in total. The zero-order chi connectivity index (χ0) is 18.8. The van der Waals surface area contributed by atoms with Gasteiger partial charge >= 0.3 is 6.11 Å². The molecule has 0 aliphatic carbocycles. The molecule has 0 bridgehead atoms. The van der Waals surface area contributed by atoms with Gasteiger partial charge in [-0.15, -0.1) is 0 Å². The Labute approximate surface area is 152 Å². The summed E-state index contributed by atoms with van der Waals surface area (Å²) in [5.74, 6) is -0.515. The van der Waals surface area contributed by atoms with Crippen molar-refractivity contribution in [1.29, 1.82) is 0 Å². The predicted molar refractivity (Wildman–Crippen MR) is 89.8 cm³/mol. The van der Waals surface area contributed by atoms with Crippen LogP contribution in [0, 0.1) is 6.92 Å². The lowest BCUT2D eigenvalue weighted by molar-refractivity contribution is -0.198. The third-order valence-corrected chi connectivity index (χ3v) is 4.99. The zero-order valence-corrected chi connectivity index (χ0v) is 15.0. The van der Waals surface area contributed by atoms with Crippen molar-refractivity contribution < 1.29 is 26.3 Å². The molecule has 2 rings (SSSR count). The fraction of sp³-hybridized carbons (Fsp3) is 0.200. The molecule has 0 saturated carbocycles. The van der Waals surface area contributed by atoms with Crippen molar-refractivity contribution in [2.24, 2.45) is 0 Å². The van der Waals surface area contributed by atoms with Gasteiger partial charge in [0.15, 0.2) is 0 Å². The fourth-order valence-electron chi connectivity index (χ4n) is 1.77. The van der Waals surface area contributed by atoms with Crippen LogP contribution in [-0.4, -0.2) is 20.2 Å². The van der Waals surface area contributed by atoms with Crippen molar-refractivity contribution in [2.45, 2.75) is 23.6 Å². The van der Waals surface area contributed by atoms with E-state index in [0.29, 0.717) is 0 Å². The summed E-state index contributed by atoms with van der Waals surface area (Å²) in [6.45, 7) is 1.79. The average Bonchev–Trinajstić information content (AvgIpc) is 2.50. The van der Waals surface area contributed by atoms with Crippen molar-refractivity contribution in [3.63, 3.8) is 0 Å². The highest BCUT2D eigenvalue weighted by molar-refractivity contribution is 7.92. The van der Waals surface area contributed by atoms with Crippen LogP contribution in [0.3, 0.4) is 0 Å². The summed E-state index contributed by atoms with van der Waals surface area (Å²) in [7, 11) is -4.01. The molecule has 1 unspecified atom stereocenters. The van der Waals surface area contributed by atoms with Gasteiger partial charge in [-0.3, -0.25) is 4.72 Å². The van der Waals surface area contributed by atoms with Crippen LogP contribution < -0.4 is 9.46 Å². The molecule has 10 heteroatoms. The summed E-state index contributed by atoms with van der Waals surface area (Å²) in [4.78, 5) is -0.0459. The number of sulfonamides is 1. The van der Waals surface area contributed by atoms with Crippen molar-refractivity contribution >= 4 is 38.9 Å². The van der Waals surface area contributed by atoms with Crippen LogP contribution in [0.5, 0.6) is 5.75 Å². The molecule has 0 amide bonds. The van der Waals surface area contributed by atoms with E-state index in [9.17, 15) is 21.6 Å². The molecule has 0 radical (unpaired) electrons. The largest absolute Gasteiger partial charge is 0.444 e. The van der Waals surface area contributed by atoms with Gasteiger partial charge in [0.25, 0.3) is 15.7 Å². The van der Waals surface area contributed by atoms with Crippen molar-refractivity contribution in [1.82, 2.24) is 0 Å². The maximum atomic E-state index is 13.2. The number of ether oxygens (including phenoxy) is 1. The van der Waals surface area contributed by atoms with Gasteiger partial charge in [0.2, 0.25) is 0 Å². The van der Waals surface area contributed by atoms with Crippen LogP contribution in [0.25, 0.3) is 0 Å². The third kappa shape index (κ3) is 4.93. The summed E-state index contributed by atoms with van der Waals surface area (Å²) in [5, 5.41) is -0.0611. The summed E-state index contributed by atoms with van der Waals surface area (Å²) < 4.78 is 70.0. The van der Waals surface area contributed by atoms with E-state index in [4.69, 9.17) is 23.2 Å². The lowest BCUT2D eigenvalue weighted by Crippen LogP contribution is -2.32. The number of anilines is 1. The molecule has 1 atom stereocenters. The van der Waals surface area contributed by atoms with Crippen molar-refractivity contribution in [3.8, 4) is 5.75 Å². The summed E-state index contributed by atoms with van der Waals surface area (Å²) in [6.07, 6.45) is -4.29. The molecule has 136 valence electrons. The maximum absolute atomic E-state index is 13.2. The van der Waals surface area contributed by atoms with E-state index in [1.54, 1.807) is 19.1 Å². The molecule has 0 fully saturated rings. The van der Waals surface area contributed by atoms with E-state index in [-0.39, 0.29) is 15.6 Å². The van der Waals surface area contributed by atoms with Crippen LogP contribution in [0.15, 0.2) is 47.4 Å². The Morgan fingerprint density at radius 1 is 1.16 bits per heavy atom. The highest BCUT2D eigenvalue weighted by Crippen LogP contribution is 2.33. The highest BCUT2D eigenvalue weighted by atomic mass is 35.5. The first-order valence-corrected chi connectivity index (χ1v) is 9.05. The Balaban J connectivity index is 2.30. The molecule has 1 N–H and O–H groups in total. The van der Waals surface area contributed by atoms with E-state index in [1.807, 2.05) is 0 Å². The zero-order valence-electron chi connectivity index (χ0n) is 12.6. The molecule has 0 heterocycles. The first-order chi connectivity index (χ1) is 11.5. The number of aryl methyl sites for hydroxylation is 1. The summed E-state index contributed by atoms with van der Waals surface area (Å²) in [6, 6.07) is 9.00. The van der Waals surface area contributed by atoms with Gasteiger partial charge in [0, 0.05) is 6.07 Å². The van der Waals surface area contributed by atoms with Crippen molar-refractivity contribution in [2.75, 3.05) is 4.72 Å². The van der Waals surface area contributed by atoms with Gasteiger partial charge < -0.3 is 4.74 Å². The molecule has 0 spiro atoms. The van der Waals surface area contributed by atoms with Crippen LogP contribution in [0.1, 0.15) is 5.56 Å². The van der Waals surface area contributed by atoms with Crippen LogP contribution in [0.2, 0.25) is 5.02 Å². The smallest absolute Gasteiger partial charge is 0.429 e. The van der Waals surface area contributed by atoms with Gasteiger partial charge in [-0.2, -0.15) is 8.78 Å². The fourth-order valence-corrected chi connectivity index (χ4v) is 3.10. The van der Waals surface area contributed by atoms with E-state index >= 15 is 0 Å². The first-order valence-electron chi connectivity index (χ1n) is 6.75. The Hall–Kier alpha value is -1.64. The molecule has 25 heavy (non-hydrogen) atoms. The van der Waals surface area contributed by atoms with Gasteiger partial charge in [0.05, 0.1) is 15.6 Å². The monoisotopic (exact) mass is 413 g/mol. The Morgan fingerprint density at radius 2 is 1.76 bits per heavy atom. The molecule has 0 aromatic heterocycles. The number of benzene rings is 2. The van der Waals surface area contributed by atoms with Crippen LogP contribution >= 0.6 is 23.2 Å². The molecular formula is C15H12Cl2F3NO3S. The standard InChI is InChI=1S/C15H12Cl2F3NO3S/c1-9-2-5-11(6-3-9)25(22,23)21-13-8-10(4-7-12(13)16)24-15(19,20)14(17)18/h2-8,14,21H,1H3. The van der Waals surface area contributed by atoms with Gasteiger partial charge in [-0.05, 0) is 31.2 Å². The van der Waals surface area contributed by atoms with Gasteiger partial charge in [0.1, 0.15) is 5.75 Å². The first kappa shape index (κ1) is 19.7. The molecule has 2 aromatic rings. The Morgan fingerprint density at radius 3 is 2.32 bits per heavy atom. The number of nitrogens with one attached hydrogen (secondary N) is 1. The topological polar surface area (TPSA) is 55.4 Å². The minimum atomic E-state index is -4.29. The molecule has 0 aliphatic rings. The van der Waals surface area contributed by atoms with E-state index in [0.717, 1.165) is 23.8 Å². The minimum absolute atomic E-state index is 0.0459. The molecule has 0 aliphatic heterocycles. The summed E-state index contributed by atoms with van der Waals surface area (Å²) >= 11 is 10.6. The third-order valence-electron chi connectivity index (χ3n) is 3.02. The molecule has 2 aromatic carbocycles. The second-order valence-electron chi connectivity index (χ2n) is 5.02. The lowest BCUT2D eigenvalue weighted by atomic mass is 10.2. The van der Waals surface area contributed by atoms with E-state index < -0.39 is 27.5 Å². The van der Waals surface area contributed by atoms with Crippen molar-refractivity contribution in [3.05, 3.63) is 53.1 Å². The highest BCUT2D eigenvalue weighted by Gasteiger charge is 2.42. The molecular weight excluding hydrogens is 402 g/mol. The van der Waals surface area contributed by atoms with E-state index in [2.05, 4.69) is 9.46 Å². The van der Waals surface area contributed by atoms with Gasteiger partial charge in [-0.25, -0.2) is 12.8 Å². The van der Waals surface area contributed by atoms with Gasteiger partial charge in [-0.1, -0.05) is 40.9 Å². The SMILES string of the molecule is Cc1ccc(S(=O)(=O)Nc2cc(OC(F)(F)C(F)Cl)ccc2Cl)cc1. The van der Waals surface area contributed by atoms with E-state index in [1.165, 1.54) is 12.1 Å². The number of rotatable bonds is 6. The normalized spacial score (nSPS) is 13.4. The number of hydrogen-bond acceptors (Lipinski definition) is 3. The molecule has 0 saturated heterocycles. The number of alkyl halides is 4. The quantitative estimate of drug-likeness (QED) is 0.681. The van der Waals surface area contributed by atoms with Crippen LogP contribution in [-0.2, 0) is 10.0 Å². The second kappa shape index (κ2) is 7.31. The minimum Gasteiger partial charge on any atom is -0.429 e. The second-order valence-corrected chi connectivity index (χ2v) is 7.50. The Bertz CT molecular complexity index is 859. The summed E-state index contributed by atoms with van der Waals surface area (Å²) in [5.41, 5.74) is -2.42. The maximum Gasteiger partial charge on any atom is 0.444 e. The average molecular weight is 414 g/mol. The predicted octanol–water partition coefficient (Wildman–Crippen LogP) is 4.96. The number of hydrogen-bond donors (Lipinski definition) is 1.